The van der Waals surface area contributed by atoms with E-state index in [-0.39, 0.29) is 5.91 Å². The van der Waals surface area contributed by atoms with E-state index >= 15 is 0 Å². The SMILES string of the molecule is O=C(NCCCOc1cccc2cccnc12)c1cc(-c2cccs2)[nH]n1. The summed E-state index contributed by atoms with van der Waals surface area (Å²) in [6.07, 6.45) is 2.45. The Hall–Kier alpha value is -3.19. The van der Waals surface area contributed by atoms with Gasteiger partial charge in [-0.2, -0.15) is 5.10 Å². The highest BCUT2D eigenvalue weighted by Crippen LogP contribution is 2.23. The number of carbonyl (C=O) groups is 1. The third kappa shape index (κ3) is 3.98. The maximum atomic E-state index is 12.2. The first-order valence-electron chi connectivity index (χ1n) is 8.65. The molecule has 1 aromatic carbocycles. The van der Waals surface area contributed by atoms with Crippen molar-refractivity contribution in [2.24, 2.45) is 0 Å². The maximum Gasteiger partial charge on any atom is 0.271 e. The van der Waals surface area contributed by atoms with Crippen molar-refractivity contribution < 1.29 is 9.53 Å². The van der Waals surface area contributed by atoms with E-state index in [2.05, 4.69) is 20.5 Å². The molecule has 0 saturated carbocycles. The first-order chi connectivity index (χ1) is 13.3. The van der Waals surface area contributed by atoms with Gasteiger partial charge in [0.15, 0.2) is 5.69 Å². The molecule has 0 radical (unpaired) electrons. The van der Waals surface area contributed by atoms with Gasteiger partial charge in [-0.15, -0.1) is 11.3 Å². The molecule has 1 amide bonds. The lowest BCUT2D eigenvalue weighted by molar-refractivity contribution is 0.0946. The standard InChI is InChI=1S/C20H18N4O2S/c25-20(16-13-15(23-24-16)18-8-3-12-27-18)22-10-4-11-26-17-7-1-5-14-6-2-9-21-19(14)17/h1-3,5-9,12-13H,4,10-11H2,(H,22,25)(H,23,24). The van der Waals surface area contributed by atoms with Gasteiger partial charge in [-0.3, -0.25) is 14.9 Å². The van der Waals surface area contributed by atoms with Crippen LogP contribution in [0.15, 0.2) is 60.1 Å². The van der Waals surface area contributed by atoms with Gasteiger partial charge in [0.05, 0.1) is 17.2 Å². The first kappa shape index (κ1) is 17.2. The van der Waals surface area contributed by atoms with E-state index in [1.807, 2.05) is 47.8 Å². The van der Waals surface area contributed by atoms with Gasteiger partial charge in [-0.1, -0.05) is 24.3 Å². The maximum absolute atomic E-state index is 12.2. The second kappa shape index (κ2) is 8.01. The number of nitrogens with zero attached hydrogens (tertiary/aromatic N) is 2. The summed E-state index contributed by atoms with van der Waals surface area (Å²) in [7, 11) is 0. The third-order valence-corrected chi connectivity index (χ3v) is 4.96. The van der Waals surface area contributed by atoms with Crippen LogP contribution in [0.25, 0.3) is 21.5 Å². The number of hydrogen-bond donors (Lipinski definition) is 2. The number of thiophene rings is 1. The Kier molecular flexibility index (Phi) is 5.11. The molecule has 7 heteroatoms. The molecule has 3 heterocycles. The number of benzene rings is 1. The van der Waals surface area contributed by atoms with Gasteiger partial charge in [0, 0.05) is 18.1 Å². The Balaban J connectivity index is 1.26. The molecule has 0 atom stereocenters. The van der Waals surface area contributed by atoms with Gasteiger partial charge in [0.25, 0.3) is 5.91 Å². The molecular weight excluding hydrogens is 360 g/mol. The predicted octanol–water partition coefficient (Wildman–Crippen LogP) is 3.89. The molecule has 0 aliphatic heterocycles. The molecule has 4 aromatic rings. The average molecular weight is 378 g/mol. The number of hydrogen-bond acceptors (Lipinski definition) is 5. The van der Waals surface area contributed by atoms with E-state index in [1.54, 1.807) is 23.6 Å². The van der Waals surface area contributed by atoms with Gasteiger partial charge >= 0.3 is 0 Å². The van der Waals surface area contributed by atoms with Crippen LogP contribution in [0.1, 0.15) is 16.9 Å². The Bertz CT molecular complexity index is 1040. The van der Waals surface area contributed by atoms with Crippen LogP contribution < -0.4 is 10.1 Å². The molecule has 4 rings (SSSR count). The molecule has 0 aliphatic rings. The number of aromatic nitrogens is 3. The van der Waals surface area contributed by atoms with Crippen LogP contribution in [0.4, 0.5) is 0 Å². The molecule has 3 aromatic heterocycles. The van der Waals surface area contributed by atoms with Crippen molar-refractivity contribution in [1.29, 1.82) is 0 Å². The fourth-order valence-electron chi connectivity index (χ4n) is 2.74. The lowest BCUT2D eigenvalue weighted by atomic mass is 10.2. The number of H-pyrrole nitrogens is 1. The van der Waals surface area contributed by atoms with E-state index in [1.165, 1.54) is 0 Å². The number of para-hydroxylation sites is 1. The number of amides is 1. The van der Waals surface area contributed by atoms with Crippen molar-refractivity contribution in [3.63, 3.8) is 0 Å². The molecule has 0 spiro atoms. The van der Waals surface area contributed by atoms with E-state index < -0.39 is 0 Å². The molecule has 0 saturated heterocycles. The summed E-state index contributed by atoms with van der Waals surface area (Å²) in [5, 5.41) is 12.9. The van der Waals surface area contributed by atoms with Crippen molar-refractivity contribution in [2.75, 3.05) is 13.2 Å². The summed E-state index contributed by atoms with van der Waals surface area (Å²) in [5.41, 5.74) is 2.08. The summed E-state index contributed by atoms with van der Waals surface area (Å²) in [6.45, 7) is 1.01. The van der Waals surface area contributed by atoms with Crippen molar-refractivity contribution in [3.05, 3.63) is 65.8 Å². The predicted molar refractivity (Wildman–Crippen MR) is 106 cm³/mol. The average Bonchev–Trinajstić information content (AvgIpc) is 3.39. The number of rotatable bonds is 7. The van der Waals surface area contributed by atoms with E-state index in [9.17, 15) is 4.79 Å². The summed E-state index contributed by atoms with van der Waals surface area (Å²) in [6, 6.07) is 15.5. The molecule has 136 valence electrons. The highest BCUT2D eigenvalue weighted by molar-refractivity contribution is 7.13. The molecule has 0 fully saturated rings. The smallest absolute Gasteiger partial charge is 0.271 e. The minimum atomic E-state index is -0.194. The molecular formula is C20H18N4O2S. The van der Waals surface area contributed by atoms with Crippen LogP contribution in [-0.4, -0.2) is 34.2 Å². The van der Waals surface area contributed by atoms with E-state index in [0.717, 1.165) is 27.2 Å². The highest BCUT2D eigenvalue weighted by atomic mass is 32.1. The number of fused-ring (bicyclic) bond motifs is 1. The molecule has 0 aliphatic carbocycles. The van der Waals surface area contributed by atoms with Gasteiger partial charge in [-0.25, -0.2) is 0 Å². The number of carbonyl (C=O) groups excluding carboxylic acids is 1. The zero-order valence-electron chi connectivity index (χ0n) is 14.5. The summed E-state index contributed by atoms with van der Waals surface area (Å²) >= 11 is 1.60. The van der Waals surface area contributed by atoms with Gasteiger partial charge in [-0.05, 0) is 36.1 Å². The molecule has 0 bridgehead atoms. The summed E-state index contributed by atoms with van der Waals surface area (Å²) in [4.78, 5) is 17.6. The van der Waals surface area contributed by atoms with Crippen molar-refractivity contribution >= 4 is 28.1 Å². The number of nitrogens with one attached hydrogen (secondary N) is 2. The fourth-order valence-corrected chi connectivity index (χ4v) is 3.43. The van der Waals surface area contributed by atoms with E-state index in [4.69, 9.17) is 4.74 Å². The minimum absolute atomic E-state index is 0.194. The fraction of sp³-hybridized carbons (Fsp3) is 0.150. The van der Waals surface area contributed by atoms with Crippen LogP contribution in [0.2, 0.25) is 0 Å². The number of ether oxygens (including phenoxy) is 1. The van der Waals surface area contributed by atoms with Crippen LogP contribution >= 0.6 is 11.3 Å². The van der Waals surface area contributed by atoms with Crippen molar-refractivity contribution in [2.45, 2.75) is 6.42 Å². The second-order valence-corrected chi connectivity index (χ2v) is 6.88. The molecule has 0 unspecified atom stereocenters. The molecule has 2 N–H and O–H groups in total. The Morgan fingerprint density at radius 2 is 2.11 bits per heavy atom. The Morgan fingerprint density at radius 3 is 3.00 bits per heavy atom. The topological polar surface area (TPSA) is 79.9 Å². The lowest BCUT2D eigenvalue weighted by Gasteiger charge is -2.08. The van der Waals surface area contributed by atoms with Gasteiger partial charge in [0.2, 0.25) is 0 Å². The quantitative estimate of drug-likeness (QED) is 0.478. The van der Waals surface area contributed by atoms with Crippen LogP contribution in [0, 0.1) is 0 Å². The normalized spacial score (nSPS) is 10.8. The van der Waals surface area contributed by atoms with Crippen molar-refractivity contribution in [1.82, 2.24) is 20.5 Å². The summed E-state index contributed by atoms with van der Waals surface area (Å²) in [5.74, 6) is 0.563. The van der Waals surface area contributed by atoms with Gasteiger partial charge < -0.3 is 10.1 Å². The van der Waals surface area contributed by atoms with Crippen molar-refractivity contribution in [3.8, 4) is 16.3 Å². The van der Waals surface area contributed by atoms with Crippen LogP contribution in [0.5, 0.6) is 5.75 Å². The minimum Gasteiger partial charge on any atom is -0.491 e. The third-order valence-electron chi connectivity index (χ3n) is 4.06. The first-order valence-corrected chi connectivity index (χ1v) is 9.53. The van der Waals surface area contributed by atoms with Crippen LogP contribution in [0.3, 0.4) is 0 Å². The lowest BCUT2D eigenvalue weighted by Crippen LogP contribution is -2.25. The second-order valence-electron chi connectivity index (χ2n) is 5.93. The Labute approximate surface area is 160 Å². The monoisotopic (exact) mass is 378 g/mol. The molecule has 27 heavy (non-hydrogen) atoms. The number of aromatic amines is 1. The van der Waals surface area contributed by atoms with Gasteiger partial charge in [0.1, 0.15) is 11.3 Å². The van der Waals surface area contributed by atoms with Crippen LogP contribution in [-0.2, 0) is 0 Å². The molecule has 6 nitrogen and oxygen atoms in total. The van der Waals surface area contributed by atoms with E-state index in [0.29, 0.717) is 25.3 Å². The largest absolute Gasteiger partial charge is 0.491 e. The highest BCUT2D eigenvalue weighted by Gasteiger charge is 2.11. The Morgan fingerprint density at radius 1 is 1.19 bits per heavy atom. The summed E-state index contributed by atoms with van der Waals surface area (Å²) < 4.78 is 5.83. The number of pyridine rings is 1. The zero-order valence-corrected chi connectivity index (χ0v) is 15.3. The zero-order chi connectivity index (χ0) is 18.5.